The predicted molar refractivity (Wildman–Crippen MR) is 130 cm³/mol. The summed E-state index contributed by atoms with van der Waals surface area (Å²) in [5.74, 6) is 0.214. The predicted octanol–water partition coefficient (Wildman–Crippen LogP) is 5.90. The van der Waals surface area contributed by atoms with Crippen LogP contribution >= 0.6 is 23.1 Å². The Bertz CT molecular complexity index is 1320. The lowest BCUT2D eigenvalue weighted by atomic mass is 10.0. The first-order valence-corrected chi connectivity index (χ1v) is 11.7. The molecule has 0 atom stereocenters. The maximum atomic E-state index is 13.0. The molecule has 6 heteroatoms. The SMILES string of the molecule is C=CCn1c(SCC(=O)c2ccc(-c3ccccc3)cc2)nc2sc(C)c(C)c2c1=O. The highest BCUT2D eigenvalue weighted by atomic mass is 32.2. The van der Waals surface area contributed by atoms with Crippen molar-refractivity contribution >= 4 is 39.1 Å². The average molecular weight is 447 g/mol. The standard InChI is InChI=1S/C25H22N2O2S2/c1-4-14-27-24(29)22-16(2)17(3)31-23(22)26-25(27)30-15-21(28)20-12-10-19(11-13-20)18-8-6-5-7-9-18/h4-13H,1,14-15H2,2-3H3. The zero-order valence-corrected chi connectivity index (χ0v) is 19.1. The van der Waals surface area contributed by atoms with Crippen molar-refractivity contribution in [3.63, 3.8) is 0 Å². The van der Waals surface area contributed by atoms with Gasteiger partial charge >= 0.3 is 0 Å². The summed E-state index contributed by atoms with van der Waals surface area (Å²) < 4.78 is 1.60. The van der Waals surface area contributed by atoms with Gasteiger partial charge in [0.25, 0.3) is 5.56 Å². The molecule has 0 amide bonds. The Kier molecular flexibility index (Phi) is 6.20. The van der Waals surface area contributed by atoms with E-state index >= 15 is 0 Å². The minimum absolute atomic E-state index is 0.00245. The first-order chi connectivity index (χ1) is 15.0. The Morgan fingerprint density at radius 3 is 2.45 bits per heavy atom. The molecule has 2 aromatic carbocycles. The van der Waals surface area contributed by atoms with Crippen molar-refractivity contribution in [1.82, 2.24) is 9.55 Å². The fourth-order valence-electron chi connectivity index (χ4n) is 3.40. The van der Waals surface area contributed by atoms with Crippen LogP contribution in [0.1, 0.15) is 20.8 Å². The molecule has 156 valence electrons. The molecule has 0 aliphatic heterocycles. The number of allylic oxidation sites excluding steroid dienone is 1. The molecular weight excluding hydrogens is 424 g/mol. The van der Waals surface area contributed by atoms with Crippen LogP contribution in [-0.4, -0.2) is 21.1 Å². The normalized spacial score (nSPS) is 11.0. The van der Waals surface area contributed by atoms with Gasteiger partial charge in [-0.3, -0.25) is 14.2 Å². The number of thiophene rings is 1. The molecule has 0 unspecified atom stereocenters. The zero-order chi connectivity index (χ0) is 22.0. The Balaban J connectivity index is 1.57. The second kappa shape index (κ2) is 9.04. The van der Waals surface area contributed by atoms with Crippen molar-refractivity contribution in [1.29, 1.82) is 0 Å². The third-order valence-electron chi connectivity index (χ3n) is 5.21. The molecule has 4 nitrogen and oxygen atoms in total. The van der Waals surface area contributed by atoms with Crippen molar-refractivity contribution < 1.29 is 4.79 Å². The van der Waals surface area contributed by atoms with Crippen LogP contribution in [0.25, 0.3) is 21.3 Å². The number of carbonyl (C=O) groups is 1. The Hall–Kier alpha value is -2.96. The van der Waals surface area contributed by atoms with Crippen molar-refractivity contribution in [2.45, 2.75) is 25.5 Å². The van der Waals surface area contributed by atoms with Crippen LogP contribution in [-0.2, 0) is 6.54 Å². The van der Waals surface area contributed by atoms with Crippen molar-refractivity contribution in [2.24, 2.45) is 0 Å². The van der Waals surface area contributed by atoms with Gasteiger partial charge in [-0.25, -0.2) is 4.98 Å². The molecule has 0 aliphatic carbocycles. The molecule has 0 radical (unpaired) electrons. The second-order valence-corrected chi connectivity index (χ2v) is 9.36. The lowest BCUT2D eigenvalue weighted by Gasteiger charge is -2.10. The van der Waals surface area contributed by atoms with Crippen molar-refractivity contribution in [3.05, 3.63) is 93.6 Å². The summed E-state index contributed by atoms with van der Waals surface area (Å²) in [5, 5.41) is 1.21. The third kappa shape index (κ3) is 4.27. The van der Waals surface area contributed by atoms with Crippen LogP contribution in [0.15, 0.2) is 77.2 Å². The fourth-order valence-corrected chi connectivity index (χ4v) is 5.38. The first-order valence-electron chi connectivity index (χ1n) is 9.92. The van der Waals surface area contributed by atoms with Crippen molar-refractivity contribution in [2.75, 3.05) is 5.75 Å². The summed E-state index contributed by atoms with van der Waals surface area (Å²) in [6.45, 7) is 8.06. The average Bonchev–Trinajstić information content (AvgIpc) is 3.08. The molecule has 0 fully saturated rings. The minimum Gasteiger partial charge on any atom is -0.293 e. The van der Waals surface area contributed by atoms with Gasteiger partial charge in [0.15, 0.2) is 10.9 Å². The van der Waals surface area contributed by atoms with Crippen LogP contribution in [0.2, 0.25) is 0 Å². The van der Waals surface area contributed by atoms with Gasteiger partial charge in [-0.2, -0.15) is 0 Å². The molecule has 4 aromatic rings. The maximum absolute atomic E-state index is 13.0. The summed E-state index contributed by atoms with van der Waals surface area (Å²) in [6, 6.07) is 17.7. The van der Waals surface area contributed by atoms with Crippen LogP contribution in [0, 0.1) is 13.8 Å². The van der Waals surface area contributed by atoms with E-state index in [4.69, 9.17) is 4.98 Å². The van der Waals surface area contributed by atoms with E-state index in [1.165, 1.54) is 23.1 Å². The number of hydrogen-bond acceptors (Lipinski definition) is 5. The molecule has 0 N–H and O–H groups in total. The lowest BCUT2D eigenvalue weighted by Crippen LogP contribution is -2.23. The number of fused-ring (bicyclic) bond motifs is 1. The molecule has 0 saturated carbocycles. The number of thioether (sulfide) groups is 1. The summed E-state index contributed by atoms with van der Waals surface area (Å²) in [5.41, 5.74) is 3.73. The van der Waals surface area contributed by atoms with Gasteiger partial charge in [0.1, 0.15) is 4.83 Å². The lowest BCUT2D eigenvalue weighted by molar-refractivity contribution is 0.102. The molecule has 0 aliphatic rings. The summed E-state index contributed by atoms with van der Waals surface area (Å²) in [4.78, 5) is 32.3. The van der Waals surface area contributed by atoms with Gasteiger partial charge in [-0.15, -0.1) is 17.9 Å². The van der Waals surface area contributed by atoms with E-state index in [0.717, 1.165) is 26.4 Å². The monoisotopic (exact) mass is 446 g/mol. The molecule has 0 saturated heterocycles. The highest BCUT2D eigenvalue weighted by molar-refractivity contribution is 7.99. The number of carbonyl (C=O) groups excluding carboxylic acids is 1. The smallest absolute Gasteiger partial charge is 0.263 e. The van der Waals surface area contributed by atoms with E-state index in [2.05, 4.69) is 6.58 Å². The number of ketones is 1. The van der Waals surface area contributed by atoms with Crippen LogP contribution in [0.4, 0.5) is 0 Å². The van der Waals surface area contributed by atoms with E-state index in [1.807, 2.05) is 68.4 Å². The summed E-state index contributed by atoms with van der Waals surface area (Å²) in [6.07, 6.45) is 1.68. The molecule has 4 rings (SSSR count). The van der Waals surface area contributed by atoms with Gasteiger partial charge in [-0.1, -0.05) is 72.4 Å². The summed E-state index contributed by atoms with van der Waals surface area (Å²) in [7, 11) is 0. The summed E-state index contributed by atoms with van der Waals surface area (Å²) >= 11 is 2.81. The highest BCUT2D eigenvalue weighted by Crippen LogP contribution is 2.29. The Labute approximate surface area is 189 Å². The quantitative estimate of drug-likeness (QED) is 0.153. The van der Waals surface area contributed by atoms with E-state index in [1.54, 1.807) is 10.6 Å². The van der Waals surface area contributed by atoms with Gasteiger partial charge in [0.05, 0.1) is 11.1 Å². The number of hydrogen-bond donors (Lipinski definition) is 0. The number of rotatable bonds is 7. The molecule has 2 aromatic heterocycles. The topological polar surface area (TPSA) is 52.0 Å². The third-order valence-corrected chi connectivity index (χ3v) is 7.29. The second-order valence-electron chi connectivity index (χ2n) is 7.22. The van der Waals surface area contributed by atoms with Crippen molar-refractivity contribution in [3.8, 4) is 11.1 Å². The molecule has 0 spiro atoms. The maximum Gasteiger partial charge on any atom is 0.263 e. The van der Waals surface area contributed by atoms with Crippen LogP contribution < -0.4 is 5.56 Å². The fraction of sp³-hybridized carbons (Fsp3) is 0.160. The molecule has 31 heavy (non-hydrogen) atoms. The number of nitrogens with zero attached hydrogens (tertiary/aromatic N) is 2. The number of benzene rings is 2. The molecular formula is C25H22N2O2S2. The Morgan fingerprint density at radius 1 is 1.10 bits per heavy atom. The highest BCUT2D eigenvalue weighted by Gasteiger charge is 2.17. The zero-order valence-electron chi connectivity index (χ0n) is 17.4. The Morgan fingerprint density at radius 2 is 1.77 bits per heavy atom. The number of Topliss-reactive ketones (excluding diaryl/α,β-unsaturated/α-hetero) is 1. The first kappa shape index (κ1) is 21.3. The molecule has 2 heterocycles. The van der Waals surface area contributed by atoms with Gasteiger partial charge in [0, 0.05) is 17.0 Å². The minimum atomic E-state index is -0.0751. The van der Waals surface area contributed by atoms with E-state index < -0.39 is 0 Å². The van der Waals surface area contributed by atoms with Gasteiger partial charge in [-0.05, 0) is 30.5 Å². The van der Waals surface area contributed by atoms with Crippen LogP contribution in [0.3, 0.4) is 0 Å². The van der Waals surface area contributed by atoms with Gasteiger partial charge in [0.2, 0.25) is 0 Å². The number of aryl methyl sites for hydroxylation is 2. The van der Waals surface area contributed by atoms with E-state index in [-0.39, 0.29) is 17.1 Å². The van der Waals surface area contributed by atoms with E-state index in [0.29, 0.717) is 22.7 Å². The van der Waals surface area contributed by atoms with Crippen LogP contribution in [0.5, 0.6) is 0 Å². The van der Waals surface area contributed by atoms with E-state index in [9.17, 15) is 9.59 Å². The molecule has 0 bridgehead atoms. The van der Waals surface area contributed by atoms with Gasteiger partial charge < -0.3 is 0 Å². The largest absolute Gasteiger partial charge is 0.293 e. The number of aromatic nitrogens is 2.